The summed E-state index contributed by atoms with van der Waals surface area (Å²) in [7, 11) is 3.15. The number of aromatic nitrogens is 4. The van der Waals surface area contributed by atoms with Crippen LogP contribution in [0.4, 0.5) is 0 Å². The van der Waals surface area contributed by atoms with Crippen molar-refractivity contribution in [3.63, 3.8) is 0 Å². The van der Waals surface area contributed by atoms with Crippen LogP contribution in [0, 0.1) is 0 Å². The second-order valence-electron chi connectivity index (χ2n) is 4.30. The van der Waals surface area contributed by atoms with Gasteiger partial charge in [-0.1, -0.05) is 6.92 Å². The van der Waals surface area contributed by atoms with E-state index in [0.717, 1.165) is 18.7 Å². The van der Waals surface area contributed by atoms with Gasteiger partial charge in [-0.3, -0.25) is 4.68 Å². The van der Waals surface area contributed by atoms with E-state index in [2.05, 4.69) is 22.2 Å². The zero-order valence-electron chi connectivity index (χ0n) is 11.9. The van der Waals surface area contributed by atoms with Crippen LogP contribution in [0.15, 0.2) is 18.3 Å². The minimum Gasteiger partial charge on any atom is -0.493 e. The lowest BCUT2D eigenvalue weighted by molar-refractivity contribution is 0.389. The number of ether oxygens (including phenoxy) is 2. The van der Waals surface area contributed by atoms with Crippen LogP contribution < -0.4 is 15.2 Å². The van der Waals surface area contributed by atoms with Gasteiger partial charge >= 0.3 is 0 Å². The maximum absolute atomic E-state index is 6.28. The summed E-state index contributed by atoms with van der Waals surface area (Å²) >= 11 is 0. The molecule has 2 rings (SSSR count). The van der Waals surface area contributed by atoms with Gasteiger partial charge in [0, 0.05) is 12.6 Å². The van der Waals surface area contributed by atoms with Crippen molar-refractivity contribution in [1.82, 2.24) is 20.0 Å². The molecule has 20 heavy (non-hydrogen) atoms. The summed E-state index contributed by atoms with van der Waals surface area (Å²) in [5, 5.41) is 12.3. The normalized spacial score (nSPS) is 12.2. The van der Waals surface area contributed by atoms with Gasteiger partial charge in [0.05, 0.1) is 32.2 Å². The maximum Gasteiger partial charge on any atom is 0.233 e. The minimum atomic E-state index is -0.447. The van der Waals surface area contributed by atoms with Crippen LogP contribution in [0.25, 0.3) is 0 Å². The second-order valence-corrected chi connectivity index (χ2v) is 4.30. The van der Waals surface area contributed by atoms with Crippen molar-refractivity contribution in [2.75, 3.05) is 14.2 Å². The highest BCUT2D eigenvalue weighted by Crippen LogP contribution is 2.27. The quantitative estimate of drug-likeness (QED) is 0.852. The number of methoxy groups -OCH3 is 2. The van der Waals surface area contributed by atoms with E-state index in [1.807, 2.05) is 4.68 Å². The molecule has 0 saturated carbocycles. The number of aryl methyl sites for hydroxylation is 1. The van der Waals surface area contributed by atoms with Crippen LogP contribution in [-0.4, -0.2) is 34.2 Å². The first-order valence-electron chi connectivity index (χ1n) is 6.44. The molecule has 0 radical (unpaired) electrons. The van der Waals surface area contributed by atoms with Crippen LogP contribution in [-0.2, 0) is 6.54 Å². The number of nitrogens with two attached hydrogens (primary N) is 1. The Hall–Kier alpha value is -2.15. The molecule has 2 aromatic rings. The average Bonchev–Trinajstić information content (AvgIpc) is 2.90. The average molecular weight is 277 g/mol. The summed E-state index contributed by atoms with van der Waals surface area (Å²) in [6.45, 7) is 2.85. The molecule has 0 aliphatic rings. The lowest BCUT2D eigenvalue weighted by atomic mass is 10.1. The Kier molecular flexibility index (Phi) is 4.52. The Balaban J connectivity index is 2.35. The molecule has 2 aromatic heterocycles. The van der Waals surface area contributed by atoms with E-state index in [4.69, 9.17) is 15.2 Å². The zero-order chi connectivity index (χ0) is 14.5. The molecule has 2 heterocycles. The topological polar surface area (TPSA) is 88.1 Å². The van der Waals surface area contributed by atoms with Crippen molar-refractivity contribution >= 4 is 0 Å². The van der Waals surface area contributed by atoms with E-state index in [1.165, 1.54) is 0 Å². The molecule has 0 amide bonds. The molecular weight excluding hydrogens is 258 g/mol. The molecule has 0 spiro atoms. The van der Waals surface area contributed by atoms with E-state index in [-0.39, 0.29) is 0 Å². The predicted octanol–water partition coefficient (Wildman–Crippen LogP) is 1.15. The third-order valence-electron chi connectivity index (χ3n) is 2.98. The molecule has 0 saturated heterocycles. The van der Waals surface area contributed by atoms with Crippen molar-refractivity contribution in [2.24, 2.45) is 5.73 Å². The standard InChI is InChI=1S/C13H19N5O2/c1-4-7-18-13(10(19-2)8-15-18)12(14)9-5-6-11(20-3)17-16-9/h5-6,8,12H,4,7,14H2,1-3H3. The van der Waals surface area contributed by atoms with E-state index in [9.17, 15) is 0 Å². The third-order valence-corrected chi connectivity index (χ3v) is 2.98. The molecule has 0 aliphatic heterocycles. The first-order chi connectivity index (χ1) is 9.71. The van der Waals surface area contributed by atoms with E-state index in [0.29, 0.717) is 17.3 Å². The van der Waals surface area contributed by atoms with Gasteiger partial charge in [0.25, 0.3) is 0 Å². The summed E-state index contributed by atoms with van der Waals surface area (Å²) < 4.78 is 12.2. The summed E-state index contributed by atoms with van der Waals surface area (Å²) in [5.74, 6) is 1.11. The lowest BCUT2D eigenvalue weighted by Gasteiger charge is -2.14. The summed E-state index contributed by atoms with van der Waals surface area (Å²) in [6.07, 6.45) is 2.63. The summed E-state index contributed by atoms with van der Waals surface area (Å²) in [6, 6.07) is 3.08. The Morgan fingerprint density at radius 3 is 2.60 bits per heavy atom. The number of hydrogen-bond donors (Lipinski definition) is 1. The molecule has 7 heteroatoms. The highest BCUT2D eigenvalue weighted by Gasteiger charge is 2.21. The van der Waals surface area contributed by atoms with Crippen LogP contribution in [0.1, 0.15) is 30.8 Å². The van der Waals surface area contributed by atoms with E-state index < -0.39 is 6.04 Å². The Bertz CT molecular complexity index is 552. The Morgan fingerprint density at radius 2 is 2.05 bits per heavy atom. The van der Waals surface area contributed by atoms with Gasteiger partial charge < -0.3 is 15.2 Å². The fraction of sp³-hybridized carbons (Fsp3) is 0.462. The van der Waals surface area contributed by atoms with Crippen molar-refractivity contribution in [2.45, 2.75) is 25.9 Å². The highest BCUT2D eigenvalue weighted by atomic mass is 16.5. The summed E-state index contributed by atoms with van der Waals surface area (Å²) in [4.78, 5) is 0. The van der Waals surface area contributed by atoms with Gasteiger partial charge in [-0.25, -0.2) is 0 Å². The first-order valence-corrected chi connectivity index (χ1v) is 6.44. The van der Waals surface area contributed by atoms with E-state index >= 15 is 0 Å². The van der Waals surface area contributed by atoms with Crippen molar-refractivity contribution in [3.05, 3.63) is 29.7 Å². The summed E-state index contributed by atoms with van der Waals surface area (Å²) in [5.41, 5.74) is 7.72. The molecule has 108 valence electrons. The Morgan fingerprint density at radius 1 is 1.25 bits per heavy atom. The minimum absolute atomic E-state index is 0.447. The largest absolute Gasteiger partial charge is 0.493 e. The molecule has 0 aliphatic carbocycles. The van der Waals surface area contributed by atoms with Crippen LogP contribution >= 0.6 is 0 Å². The van der Waals surface area contributed by atoms with Crippen LogP contribution in [0.5, 0.6) is 11.6 Å². The molecule has 0 bridgehead atoms. The first kappa shape index (κ1) is 14.3. The van der Waals surface area contributed by atoms with E-state index in [1.54, 1.807) is 32.5 Å². The number of hydrogen-bond acceptors (Lipinski definition) is 6. The molecule has 2 N–H and O–H groups in total. The van der Waals surface area contributed by atoms with Crippen molar-refractivity contribution in [1.29, 1.82) is 0 Å². The molecule has 1 atom stereocenters. The van der Waals surface area contributed by atoms with Crippen LogP contribution in [0.3, 0.4) is 0 Å². The smallest absolute Gasteiger partial charge is 0.233 e. The van der Waals surface area contributed by atoms with Gasteiger partial charge in [-0.05, 0) is 12.5 Å². The van der Waals surface area contributed by atoms with Gasteiger partial charge in [-0.15, -0.1) is 10.2 Å². The van der Waals surface area contributed by atoms with Crippen molar-refractivity contribution in [3.8, 4) is 11.6 Å². The molecule has 0 aromatic carbocycles. The second kappa shape index (κ2) is 6.33. The van der Waals surface area contributed by atoms with Gasteiger partial charge in [0.1, 0.15) is 5.69 Å². The fourth-order valence-electron chi connectivity index (χ4n) is 1.98. The van der Waals surface area contributed by atoms with Gasteiger partial charge in [0.15, 0.2) is 5.75 Å². The molecular formula is C13H19N5O2. The predicted molar refractivity (Wildman–Crippen MR) is 73.7 cm³/mol. The number of nitrogens with zero attached hydrogens (tertiary/aromatic N) is 4. The highest BCUT2D eigenvalue weighted by molar-refractivity contribution is 5.33. The zero-order valence-corrected chi connectivity index (χ0v) is 11.9. The van der Waals surface area contributed by atoms with Crippen LogP contribution in [0.2, 0.25) is 0 Å². The Labute approximate surface area is 117 Å². The molecule has 0 fully saturated rings. The molecule has 1 unspecified atom stereocenters. The fourth-order valence-corrected chi connectivity index (χ4v) is 1.98. The monoisotopic (exact) mass is 277 g/mol. The third kappa shape index (κ3) is 2.72. The SMILES string of the molecule is CCCn1ncc(OC)c1C(N)c1ccc(OC)nn1. The maximum atomic E-state index is 6.28. The van der Waals surface area contributed by atoms with Gasteiger partial charge in [0.2, 0.25) is 5.88 Å². The lowest BCUT2D eigenvalue weighted by Crippen LogP contribution is -2.20. The number of rotatable bonds is 6. The van der Waals surface area contributed by atoms with Crippen molar-refractivity contribution < 1.29 is 9.47 Å². The van der Waals surface area contributed by atoms with Gasteiger partial charge in [-0.2, -0.15) is 5.10 Å². The molecule has 7 nitrogen and oxygen atoms in total.